The molecule has 0 saturated heterocycles. The Morgan fingerprint density at radius 1 is 1.33 bits per heavy atom. The number of anilines is 1. The van der Waals surface area contributed by atoms with Crippen molar-refractivity contribution in [3.05, 3.63) is 42.2 Å². The van der Waals surface area contributed by atoms with Crippen LogP contribution in [0.1, 0.15) is 5.69 Å². The molecule has 0 bridgehead atoms. The van der Waals surface area contributed by atoms with Gasteiger partial charge in [0.2, 0.25) is 0 Å². The largest absolute Gasteiger partial charge is 0.487 e. The third-order valence-corrected chi connectivity index (χ3v) is 2.09. The van der Waals surface area contributed by atoms with Crippen LogP contribution in [0.3, 0.4) is 0 Å². The van der Waals surface area contributed by atoms with Crippen molar-refractivity contribution in [2.45, 2.75) is 6.61 Å². The van der Waals surface area contributed by atoms with Crippen molar-refractivity contribution in [1.29, 1.82) is 0 Å². The molecule has 0 aliphatic carbocycles. The summed E-state index contributed by atoms with van der Waals surface area (Å²) in [4.78, 5) is 4.14. The SMILES string of the molecule is Cn1cc(COc2ccccc2)nc1N. The van der Waals surface area contributed by atoms with Crippen LogP contribution < -0.4 is 10.5 Å². The van der Waals surface area contributed by atoms with E-state index in [1.807, 2.05) is 43.6 Å². The summed E-state index contributed by atoms with van der Waals surface area (Å²) in [5.74, 6) is 1.34. The molecular weight excluding hydrogens is 190 g/mol. The standard InChI is InChI=1S/C11H13N3O/c1-14-7-9(13-11(14)12)8-15-10-5-3-2-4-6-10/h2-7H,8H2,1H3,(H2,12,13). The Labute approximate surface area is 88.3 Å². The van der Waals surface area contributed by atoms with Gasteiger partial charge in [-0.15, -0.1) is 0 Å². The maximum Gasteiger partial charge on any atom is 0.200 e. The van der Waals surface area contributed by atoms with Gasteiger partial charge in [0.1, 0.15) is 12.4 Å². The van der Waals surface area contributed by atoms with Crippen LogP contribution in [0.15, 0.2) is 36.5 Å². The van der Waals surface area contributed by atoms with Gasteiger partial charge in [0.25, 0.3) is 0 Å². The van der Waals surface area contributed by atoms with E-state index in [-0.39, 0.29) is 0 Å². The molecule has 0 aliphatic heterocycles. The van der Waals surface area contributed by atoms with Crippen LogP contribution in [0.25, 0.3) is 0 Å². The quantitative estimate of drug-likeness (QED) is 0.824. The van der Waals surface area contributed by atoms with Crippen LogP contribution in [-0.4, -0.2) is 9.55 Å². The van der Waals surface area contributed by atoms with Crippen LogP contribution >= 0.6 is 0 Å². The summed E-state index contributed by atoms with van der Waals surface area (Å²) < 4.78 is 7.30. The molecular formula is C11H13N3O. The predicted molar refractivity (Wildman–Crippen MR) is 58.4 cm³/mol. The second-order valence-electron chi connectivity index (χ2n) is 3.30. The fourth-order valence-corrected chi connectivity index (χ4v) is 1.29. The highest BCUT2D eigenvalue weighted by atomic mass is 16.5. The highest BCUT2D eigenvalue weighted by molar-refractivity contribution is 5.23. The molecule has 0 fully saturated rings. The van der Waals surface area contributed by atoms with Gasteiger partial charge in [-0.1, -0.05) is 18.2 Å². The van der Waals surface area contributed by atoms with Gasteiger partial charge in [-0.3, -0.25) is 0 Å². The van der Waals surface area contributed by atoms with E-state index in [9.17, 15) is 0 Å². The number of nitrogen functional groups attached to an aromatic ring is 1. The van der Waals surface area contributed by atoms with Gasteiger partial charge < -0.3 is 15.0 Å². The fourth-order valence-electron chi connectivity index (χ4n) is 1.29. The normalized spacial score (nSPS) is 10.2. The first-order chi connectivity index (χ1) is 7.25. The Bertz CT molecular complexity index is 417. The van der Waals surface area contributed by atoms with Crippen LogP contribution in [-0.2, 0) is 13.7 Å². The summed E-state index contributed by atoms with van der Waals surface area (Å²) in [7, 11) is 1.86. The molecule has 78 valence electrons. The van der Waals surface area contributed by atoms with Crippen molar-refractivity contribution >= 4 is 5.95 Å². The lowest BCUT2D eigenvalue weighted by Crippen LogP contribution is -1.96. The molecule has 0 atom stereocenters. The summed E-state index contributed by atoms with van der Waals surface area (Å²) in [5.41, 5.74) is 6.44. The van der Waals surface area contributed by atoms with Crippen molar-refractivity contribution < 1.29 is 4.74 Å². The minimum absolute atomic E-state index is 0.440. The first-order valence-corrected chi connectivity index (χ1v) is 4.71. The average molecular weight is 203 g/mol. The van der Waals surface area contributed by atoms with Gasteiger partial charge >= 0.3 is 0 Å². The lowest BCUT2D eigenvalue weighted by atomic mass is 10.3. The molecule has 2 N–H and O–H groups in total. The minimum Gasteiger partial charge on any atom is -0.487 e. The van der Waals surface area contributed by atoms with Gasteiger partial charge in [0.15, 0.2) is 5.95 Å². The fraction of sp³-hybridized carbons (Fsp3) is 0.182. The van der Waals surface area contributed by atoms with Crippen LogP contribution in [0.4, 0.5) is 5.95 Å². The van der Waals surface area contributed by atoms with Gasteiger partial charge in [-0.2, -0.15) is 0 Å². The number of rotatable bonds is 3. The van der Waals surface area contributed by atoms with Gasteiger partial charge in [-0.05, 0) is 12.1 Å². The smallest absolute Gasteiger partial charge is 0.200 e. The topological polar surface area (TPSA) is 53.1 Å². The number of hydrogen-bond acceptors (Lipinski definition) is 3. The number of hydrogen-bond donors (Lipinski definition) is 1. The average Bonchev–Trinajstić information content (AvgIpc) is 2.57. The molecule has 4 nitrogen and oxygen atoms in total. The molecule has 1 aromatic heterocycles. The number of ether oxygens (including phenoxy) is 1. The highest BCUT2D eigenvalue weighted by Crippen LogP contribution is 2.11. The van der Waals surface area contributed by atoms with E-state index in [0.29, 0.717) is 12.6 Å². The third kappa shape index (κ3) is 2.28. The summed E-state index contributed by atoms with van der Waals surface area (Å²) in [6.07, 6.45) is 1.86. The van der Waals surface area contributed by atoms with E-state index in [1.54, 1.807) is 4.57 Å². The summed E-state index contributed by atoms with van der Waals surface area (Å²) >= 11 is 0. The minimum atomic E-state index is 0.440. The molecule has 0 spiro atoms. The number of para-hydroxylation sites is 1. The second-order valence-corrected chi connectivity index (χ2v) is 3.30. The Morgan fingerprint density at radius 2 is 2.07 bits per heavy atom. The van der Waals surface area contributed by atoms with E-state index in [4.69, 9.17) is 10.5 Å². The summed E-state index contributed by atoms with van der Waals surface area (Å²) in [6, 6.07) is 9.63. The second kappa shape index (κ2) is 4.04. The number of benzene rings is 1. The van der Waals surface area contributed by atoms with Crippen molar-refractivity contribution in [3.63, 3.8) is 0 Å². The predicted octanol–water partition coefficient (Wildman–Crippen LogP) is 1.58. The lowest BCUT2D eigenvalue weighted by molar-refractivity contribution is 0.302. The molecule has 2 aromatic rings. The van der Waals surface area contributed by atoms with E-state index < -0.39 is 0 Å². The van der Waals surface area contributed by atoms with Gasteiger partial charge in [0.05, 0.1) is 5.69 Å². The Morgan fingerprint density at radius 3 is 2.67 bits per heavy atom. The Kier molecular flexibility index (Phi) is 2.58. The van der Waals surface area contributed by atoms with Crippen LogP contribution in [0, 0.1) is 0 Å². The number of nitrogens with zero attached hydrogens (tertiary/aromatic N) is 2. The van der Waals surface area contributed by atoms with Crippen molar-refractivity contribution in [3.8, 4) is 5.75 Å². The zero-order valence-electron chi connectivity index (χ0n) is 8.55. The Balaban J connectivity index is 1.99. The van der Waals surface area contributed by atoms with E-state index >= 15 is 0 Å². The molecule has 0 saturated carbocycles. The molecule has 0 radical (unpaired) electrons. The first kappa shape index (κ1) is 9.58. The maximum absolute atomic E-state index is 5.61. The third-order valence-electron chi connectivity index (χ3n) is 2.09. The summed E-state index contributed by atoms with van der Waals surface area (Å²) in [6.45, 7) is 0.440. The molecule has 1 aromatic carbocycles. The molecule has 2 rings (SSSR count). The highest BCUT2D eigenvalue weighted by Gasteiger charge is 2.01. The molecule has 0 amide bonds. The zero-order valence-corrected chi connectivity index (χ0v) is 8.55. The Hall–Kier alpha value is -1.97. The van der Waals surface area contributed by atoms with Crippen LogP contribution in [0.5, 0.6) is 5.75 Å². The van der Waals surface area contributed by atoms with E-state index in [0.717, 1.165) is 11.4 Å². The monoisotopic (exact) mass is 203 g/mol. The molecule has 0 aliphatic rings. The van der Waals surface area contributed by atoms with E-state index in [1.165, 1.54) is 0 Å². The zero-order chi connectivity index (χ0) is 10.7. The number of aryl methyl sites for hydroxylation is 1. The molecule has 1 heterocycles. The van der Waals surface area contributed by atoms with Gasteiger partial charge in [-0.25, -0.2) is 4.98 Å². The molecule has 4 heteroatoms. The number of aromatic nitrogens is 2. The molecule has 0 unspecified atom stereocenters. The van der Waals surface area contributed by atoms with Crippen LogP contribution in [0.2, 0.25) is 0 Å². The number of nitrogens with two attached hydrogens (primary N) is 1. The van der Waals surface area contributed by atoms with Crippen molar-refractivity contribution in [2.75, 3.05) is 5.73 Å². The number of imidazole rings is 1. The van der Waals surface area contributed by atoms with Crippen molar-refractivity contribution in [2.24, 2.45) is 7.05 Å². The molecule has 15 heavy (non-hydrogen) atoms. The first-order valence-electron chi connectivity index (χ1n) is 4.71. The van der Waals surface area contributed by atoms with Gasteiger partial charge in [0, 0.05) is 13.2 Å². The summed E-state index contributed by atoms with van der Waals surface area (Å²) in [5, 5.41) is 0. The van der Waals surface area contributed by atoms with E-state index in [2.05, 4.69) is 4.98 Å². The lowest BCUT2D eigenvalue weighted by Gasteiger charge is -2.02. The van der Waals surface area contributed by atoms with Crippen molar-refractivity contribution in [1.82, 2.24) is 9.55 Å². The maximum atomic E-state index is 5.61.